The van der Waals surface area contributed by atoms with Gasteiger partial charge in [-0.25, -0.2) is 4.79 Å². The van der Waals surface area contributed by atoms with Crippen LogP contribution in [-0.2, 0) is 9.53 Å². The number of nitrogens with one attached hydrogen (secondary N) is 2. The first-order chi connectivity index (χ1) is 12.0. The Kier molecular flexibility index (Phi) is 7.25. The Morgan fingerprint density at radius 2 is 2.00 bits per heavy atom. The van der Waals surface area contributed by atoms with Crippen molar-refractivity contribution in [2.24, 2.45) is 5.92 Å². The van der Waals surface area contributed by atoms with Crippen molar-refractivity contribution in [2.45, 2.75) is 51.7 Å². The predicted molar refractivity (Wildman–Crippen MR) is 96.5 cm³/mol. The van der Waals surface area contributed by atoms with Gasteiger partial charge in [-0.3, -0.25) is 4.79 Å². The van der Waals surface area contributed by atoms with Crippen molar-refractivity contribution < 1.29 is 19.4 Å². The second-order valence-electron chi connectivity index (χ2n) is 6.62. The molecule has 0 aliphatic heterocycles. The van der Waals surface area contributed by atoms with Crippen molar-refractivity contribution in [3.05, 3.63) is 29.8 Å². The second kappa shape index (κ2) is 9.42. The van der Waals surface area contributed by atoms with Crippen molar-refractivity contribution in [3.8, 4) is 0 Å². The van der Waals surface area contributed by atoms with Crippen LogP contribution < -0.4 is 10.6 Å². The molecular formula is C19H28N2O4. The Hall–Kier alpha value is -2.08. The molecule has 1 saturated carbocycles. The van der Waals surface area contributed by atoms with Crippen molar-refractivity contribution in [1.82, 2.24) is 5.32 Å². The monoisotopic (exact) mass is 348 g/mol. The fraction of sp³-hybridized carbons (Fsp3) is 0.579. The number of ether oxygens (including phenoxy) is 1. The molecule has 1 aromatic carbocycles. The van der Waals surface area contributed by atoms with Gasteiger partial charge < -0.3 is 20.5 Å². The van der Waals surface area contributed by atoms with Gasteiger partial charge in [0, 0.05) is 18.3 Å². The van der Waals surface area contributed by atoms with Crippen molar-refractivity contribution >= 4 is 17.6 Å². The van der Waals surface area contributed by atoms with Crippen LogP contribution in [0.1, 0.15) is 49.9 Å². The molecule has 0 saturated heterocycles. The van der Waals surface area contributed by atoms with Gasteiger partial charge in [0.05, 0.1) is 12.2 Å². The van der Waals surface area contributed by atoms with Crippen molar-refractivity contribution in [2.75, 3.05) is 18.5 Å². The summed E-state index contributed by atoms with van der Waals surface area (Å²) in [5.41, 5.74) is 0.927. The SMILES string of the molecule is C[C@@H]1CCCC[C@H]1NC(=O)[C@@H](C)OC(=O)c1ccccc1NCCO. The lowest BCUT2D eigenvalue weighted by Gasteiger charge is -2.30. The highest BCUT2D eigenvalue weighted by Gasteiger charge is 2.27. The molecule has 6 heteroatoms. The van der Waals surface area contributed by atoms with E-state index in [9.17, 15) is 9.59 Å². The number of esters is 1. The largest absolute Gasteiger partial charge is 0.449 e. The quantitative estimate of drug-likeness (QED) is 0.658. The number of aliphatic hydroxyl groups is 1. The summed E-state index contributed by atoms with van der Waals surface area (Å²) in [6, 6.07) is 7.05. The van der Waals surface area contributed by atoms with Gasteiger partial charge in [-0.2, -0.15) is 0 Å². The van der Waals surface area contributed by atoms with Crippen LogP contribution in [0.3, 0.4) is 0 Å². The topological polar surface area (TPSA) is 87.7 Å². The zero-order valence-corrected chi connectivity index (χ0v) is 15.0. The molecule has 0 radical (unpaired) electrons. The normalized spacial score (nSPS) is 21.2. The molecule has 1 amide bonds. The van der Waals surface area contributed by atoms with E-state index in [0.29, 0.717) is 23.7 Å². The third kappa shape index (κ3) is 5.46. The molecule has 6 nitrogen and oxygen atoms in total. The first-order valence-electron chi connectivity index (χ1n) is 8.98. The molecule has 3 N–H and O–H groups in total. The van der Waals surface area contributed by atoms with Crippen LogP contribution in [-0.4, -0.2) is 42.3 Å². The smallest absolute Gasteiger partial charge is 0.341 e. The average molecular weight is 348 g/mol. The number of amides is 1. The summed E-state index contributed by atoms with van der Waals surface area (Å²) in [7, 11) is 0. The Balaban J connectivity index is 1.94. The van der Waals surface area contributed by atoms with Gasteiger partial charge >= 0.3 is 5.97 Å². The Morgan fingerprint density at radius 1 is 1.28 bits per heavy atom. The van der Waals surface area contributed by atoms with E-state index < -0.39 is 12.1 Å². The van der Waals surface area contributed by atoms with Crippen LogP contribution in [0.2, 0.25) is 0 Å². The summed E-state index contributed by atoms with van der Waals surface area (Å²) >= 11 is 0. The fourth-order valence-corrected chi connectivity index (χ4v) is 3.11. The number of carbonyl (C=O) groups excluding carboxylic acids is 2. The highest BCUT2D eigenvalue weighted by atomic mass is 16.5. The molecule has 0 heterocycles. The second-order valence-corrected chi connectivity index (χ2v) is 6.62. The Morgan fingerprint density at radius 3 is 2.72 bits per heavy atom. The lowest BCUT2D eigenvalue weighted by atomic mass is 9.86. The van der Waals surface area contributed by atoms with Crippen LogP contribution in [0.25, 0.3) is 0 Å². The number of hydrogen-bond acceptors (Lipinski definition) is 5. The minimum Gasteiger partial charge on any atom is -0.449 e. The number of anilines is 1. The molecule has 0 aromatic heterocycles. The van der Waals surface area contributed by atoms with E-state index in [2.05, 4.69) is 17.6 Å². The van der Waals surface area contributed by atoms with Crippen LogP contribution >= 0.6 is 0 Å². The number of hydrogen-bond donors (Lipinski definition) is 3. The van der Waals surface area contributed by atoms with E-state index in [1.165, 1.54) is 6.42 Å². The van der Waals surface area contributed by atoms with Crippen molar-refractivity contribution in [1.29, 1.82) is 0 Å². The minimum atomic E-state index is -0.854. The molecule has 2 rings (SSSR count). The minimum absolute atomic E-state index is 0.0399. The molecule has 3 atom stereocenters. The number of benzene rings is 1. The first kappa shape index (κ1) is 19.2. The maximum absolute atomic E-state index is 12.4. The molecule has 1 aliphatic rings. The summed E-state index contributed by atoms with van der Waals surface area (Å²) in [4.78, 5) is 24.7. The van der Waals surface area contributed by atoms with Crippen LogP contribution in [0.15, 0.2) is 24.3 Å². The lowest BCUT2D eigenvalue weighted by Crippen LogP contribution is -2.46. The highest BCUT2D eigenvalue weighted by Crippen LogP contribution is 2.24. The Bertz CT molecular complexity index is 591. The van der Waals surface area contributed by atoms with E-state index >= 15 is 0 Å². The summed E-state index contributed by atoms with van der Waals surface area (Å²) < 4.78 is 5.34. The zero-order valence-electron chi connectivity index (χ0n) is 15.0. The van der Waals surface area contributed by atoms with Crippen LogP contribution in [0, 0.1) is 5.92 Å². The van der Waals surface area contributed by atoms with Crippen molar-refractivity contribution in [3.63, 3.8) is 0 Å². The van der Waals surface area contributed by atoms with Crippen LogP contribution in [0.5, 0.6) is 0 Å². The third-order valence-corrected chi connectivity index (χ3v) is 4.67. The van der Waals surface area contributed by atoms with E-state index in [0.717, 1.165) is 19.3 Å². The molecule has 1 aliphatic carbocycles. The van der Waals surface area contributed by atoms with Gasteiger partial charge in [0.25, 0.3) is 5.91 Å². The average Bonchev–Trinajstić information content (AvgIpc) is 2.62. The van der Waals surface area contributed by atoms with Gasteiger partial charge in [0.15, 0.2) is 6.10 Å². The zero-order chi connectivity index (χ0) is 18.2. The molecule has 0 spiro atoms. The lowest BCUT2D eigenvalue weighted by molar-refractivity contribution is -0.130. The van der Waals surface area contributed by atoms with Gasteiger partial charge in [0.2, 0.25) is 0 Å². The molecule has 1 aromatic rings. The Labute approximate surface area is 149 Å². The van der Waals surface area contributed by atoms with Gasteiger partial charge in [-0.1, -0.05) is 31.9 Å². The summed E-state index contributed by atoms with van der Waals surface area (Å²) in [5, 5.41) is 14.9. The van der Waals surface area contributed by atoms with Gasteiger partial charge in [-0.15, -0.1) is 0 Å². The summed E-state index contributed by atoms with van der Waals surface area (Å²) in [6.45, 7) is 4.02. The molecule has 1 fully saturated rings. The number of aliphatic hydroxyl groups excluding tert-OH is 1. The maximum atomic E-state index is 12.4. The number of rotatable bonds is 7. The fourth-order valence-electron chi connectivity index (χ4n) is 3.11. The number of para-hydroxylation sites is 1. The molecular weight excluding hydrogens is 320 g/mol. The molecule has 138 valence electrons. The van der Waals surface area contributed by atoms with Gasteiger partial charge in [0.1, 0.15) is 0 Å². The van der Waals surface area contributed by atoms with E-state index in [4.69, 9.17) is 9.84 Å². The standard InChI is InChI=1S/C19H28N2O4/c1-13-7-3-5-9-16(13)21-18(23)14(2)25-19(24)15-8-4-6-10-17(15)20-11-12-22/h4,6,8,10,13-14,16,20,22H,3,5,7,9,11-12H2,1-2H3,(H,21,23)/t13-,14-,16-/m1/s1. The molecule has 25 heavy (non-hydrogen) atoms. The summed E-state index contributed by atoms with van der Waals surface area (Å²) in [6.07, 6.45) is 3.56. The van der Waals surface area contributed by atoms with E-state index in [1.807, 2.05) is 0 Å². The molecule has 0 bridgehead atoms. The van der Waals surface area contributed by atoms with Gasteiger partial charge in [-0.05, 0) is 37.8 Å². The maximum Gasteiger partial charge on any atom is 0.341 e. The van der Waals surface area contributed by atoms with Crippen LogP contribution in [0.4, 0.5) is 5.69 Å². The highest BCUT2D eigenvalue weighted by molar-refractivity contribution is 5.97. The molecule has 0 unspecified atom stereocenters. The predicted octanol–water partition coefficient (Wildman–Crippen LogP) is 2.33. The third-order valence-electron chi connectivity index (χ3n) is 4.67. The number of carbonyl (C=O) groups is 2. The first-order valence-corrected chi connectivity index (χ1v) is 8.98. The van der Waals surface area contributed by atoms with E-state index in [-0.39, 0.29) is 18.6 Å². The summed E-state index contributed by atoms with van der Waals surface area (Å²) in [5.74, 6) is -0.364. The van der Waals surface area contributed by atoms with E-state index in [1.54, 1.807) is 31.2 Å².